The van der Waals surface area contributed by atoms with Gasteiger partial charge in [0.25, 0.3) is 11.1 Å². The van der Waals surface area contributed by atoms with Crippen LogP contribution in [-0.4, -0.2) is 35.1 Å². The van der Waals surface area contributed by atoms with Gasteiger partial charge in [-0.25, -0.2) is 4.39 Å². The highest BCUT2D eigenvalue weighted by molar-refractivity contribution is 9.11. The van der Waals surface area contributed by atoms with Crippen LogP contribution < -0.4 is 14.8 Å². The van der Waals surface area contributed by atoms with Crippen molar-refractivity contribution in [2.75, 3.05) is 18.5 Å². The molecule has 38 heavy (non-hydrogen) atoms. The summed E-state index contributed by atoms with van der Waals surface area (Å²) >= 11 is 7.69. The smallest absolute Gasteiger partial charge is 0.294 e. The molecule has 0 saturated carbocycles. The van der Waals surface area contributed by atoms with Crippen LogP contribution in [-0.2, 0) is 16.2 Å². The van der Waals surface area contributed by atoms with E-state index in [0.29, 0.717) is 43.9 Å². The van der Waals surface area contributed by atoms with E-state index in [1.54, 1.807) is 54.6 Å². The zero-order valence-corrected chi connectivity index (χ0v) is 24.0. The van der Waals surface area contributed by atoms with Gasteiger partial charge in [-0.05, 0) is 116 Å². The number of carbonyl (C=O) groups excluding carboxylic acids is 3. The molecule has 3 amide bonds. The zero-order chi connectivity index (χ0) is 27.2. The molecule has 3 aromatic rings. The predicted molar refractivity (Wildman–Crippen MR) is 151 cm³/mol. The molecule has 1 aliphatic heterocycles. The third-order valence-corrected chi connectivity index (χ3v) is 7.30. The maximum atomic E-state index is 13.4. The first kappa shape index (κ1) is 27.9. The summed E-state index contributed by atoms with van der Waals surface area (Å²) in [6.45, 7) is 2.15. The van der Waals surface area contributed by atoms with Crippen LogP contribution >= 0.6 is 43.6 Å². The number of nitrogens with zero attached hydrogens (tertiary/aromatic N) is 1. The number of amides is 3. The number of thioether (sulfide) groups is 1. The fourth-order valence-corrected chi connectivity index (χ4v) is 5.81. The molecule has 1 saturated heterocycles. The molecule has 0 aliphatic carbocycles. The average molecular weight is 664 g/mol. The summed E-state index contributed by atoms with van der Waals surface area (Å²) < 4.78 is 25.8. The van der Waals surface area contributed by atoms with E-state index in [0.717, 1.165) is 16.7 Å². The lowest BCUT2D eigenvalue weighted by atomic mass is 10.2. The number of rotatable bonds is 9. The molecule has 0 aromatic heterocycles. The van der Waals surface area contributed by atoms with Crippen molar-refractivity contribution >= 4 is 72.4 Å². The van der Waals surface area contributed by atoms with Gasteiger partial charge < -0.3 is 14.8 Å². The van der Waals surface area contributed by atoms with Gasteiger partial charge in [-0.1, -0.05) is 12.1 Å². The molecule has 0 atom stereocenters. The number of carbonyl (C=O) groups is 3. The van der Waals surface area contributed by atoms with E-state index in [9.17, 15) is 18.8 Å². The molecule has 0 bridgehead atoms. The number of halogens is 3. The van der Waals surface area contributed by atoms with Crippen LogP contribution in [0.4, 0.5) is 14.9 Å². The first-order valence-electron chi connectivity index (χ1n) is 11.4. The summed E-state index contributed by atoms with van der Waals surface area (Å²) in [4.78, 5) is 39.0. The van der Waals surface area contributed by atoms with Crippen LogP contribution in [0.1, 0.15) is 18.1 Å². The molecule has 1 N–H and O–H groups in total. The van der Waals surface area contributed by atoms with Crippen LogP contribution in [0.5, 0.6) is 11.5 Å². The van der Waals surface area contributed by atoms with Crippen LogP contribution in [0, 0.1) is 5.82 Å². The summed E-state index contributed by atoms with van der Waals surface area (Å²) in [6, 6.07) is 16.4. The fraction of sp³-hybridized carbons (Fsp3) is 0.148. The van der Waals surface area contributed by atoms with Crippen LogP contribution in [0.25, 0.3) is 6.08 Å². The number of benzene rings is 3. The Bertz CT molecular complexity index is 1390. The molecule has 3 aromatic carbocycles. The van der Waals surface area contributed by atoms with E-state index in [2.05, 4.69) is 37.2 Å². The monoisotopic (exact) mass is 662 g/mol. The normalized spacial score (nSPS) is 14.2. The van der Waals surface area contributed by atoms with E-state index in [1.165, 1.54) is 12.1 Å². The molecule has 1 aliphatic rings. The Kier molecular flexibility index (Phi) is 9.24. The highest BCUT2D eigenvalue weighted by Gasteiger charge is 2.36. The zero-order valence-electron chi connectivity index (χ0n) is 20.0. The molecule has 0 radical (unpaired) electrons. The fourth-order valence-electron chi connectivity index (χ4n) is 3.52. The molecular weight excluding hydrogens is 643 g/mol. The predicted octanol–water partition coefficient (Wildman–Crippen LogP) is 7.00. The van der Waals surface area contributed by atoms with E-state index >= 15 is 0 Å². The Balaban J connectivity index is 1.40. The molecule has 4 rings (SSSR count). The highest BCUT2D eigenvalue weighted by Crippen LogP contribution is 2.38. The lowest BCUT2D eigenvalue weighted by Crippen LogP contribution is -2.36. The van der Waals surface area contributed by atoms with E-state index < -0.39 is 23.6 Å². The van der Waals surface area contributed by atoms with Crippen molar-refractivity contribution in [3.63, 3.8) is 0 Å². The van der Waals surface area contributed by atoms with E-state index in [-0.39, 0.29) is 17.3 Å². The van der Waals surface area contributed by atoms with E-state index in [4.69, 9.17) is 9.47 Å². The first-order chi connectivity index (χ1) is 18.2. The van der Waals surface area contributed by atoms with Gasteiger partial charge in [0.1, 0.15) is 30.5 Å². The number of hydrogen-bond acceptors (Lipinski definition) is 6. The molecule has 1 fully saturated rings. The van der Waals surface area contributed by atoms with E-state index in [1.807, 2.05) is 6.92 Å². The van der Waals surface area contributed by atoms with Gasteiger partial charge in [0.15, 0.2) is 0 Å². The molecule has 196 valence electrons. The Morgan fingerprint density at radius 3 is 2.42 bits per heavy atom. The largest absolute Gasteiger partial charge is 0.494 e. The lowest BCUT2D eigenvalue weighted by molar-refractivity contribution is -0.127. The van der Waals surface area contributed by atoms with Gasteiger partial charge in [-0.2, -0.15) is 0 Å². The standard InChI is InChI=1S/C27H21Br2FN2O5S/c1-2-36-20-8-6-19(7-9-20)31-24(33)14-32-26(34)23(38-27(32)35)13-17-11-21(28)25(22(29)12-17)37-15-16-4-3-5-18(30)10-16/h3-13H,2,14-15H2,1H3,(H,31,33)/b23-13+. The minimum absolute atomic E-state index is 0.159. The van der Waals surface area contributed by atoms with Crippen molar-refractivity contribution in [3.8, 4) is 11.5 Å². The van der Waals surface area contributed by atoms with Gasteiger partial charge in [0.05, 0.1) is 20.5 Å². The lowest BCUT2D eigenvalue weighted by Gasteiger charge is -2.13. The number of imide groups is 1. The number of hydrogen-bond donors (Lipinski definition) is 1. The van der Waals surface area contributed by atoms with Gasteiger partial charge in [-0.3, -0.25) is 19.3 Å². The van der Waals surface area contributed by atoms with Gasteiger partial charge in [0.2, 0.25) is 5.91 Å². The van der Waals surface area contributed by atoms with Crippen molar-refractivity contribution in [1.29, 1.82) is 0 Å². The number of ether oxygens (including phenoxy) is 2. The Labute approximate surface area is 239 Å². The number of nitrogens with one attached hydrogen (secondary N) is 1. The van der Waals surface area contributed by atoms with Gasteiger partial charge >= 0.3 is 0 Å². The van der Waals surface area contributed by atoms with Crippen molar-refractivity contribution in [1.82, 2.24) is 4.90 Å². The van der Waals surface area contributed by atoms with Crippen LogP contribution in [0.3, 0.4) is 0 Å². The second-order valence-electron chi connectivity index (χ2n) is 8.01. The van der Waals surface area contributed by atoms with Gasteiger partial charge in [0, 0.05) is 5.69 Å². The van der Waals surface area contributed by atoms with Crippen LogP contribution in [0.15, 0.2) is 74.5 Å². The third-order valence-electron chi connectivity index (χ3n) is 5.21. The maximum absolute atomic E-state index is 13.4. The number of anilines is 1. The second-order valence-corrected chi connectivity index (χ2v) is 10.7. The summed E-state index contributed by atoms with van der Waals surface area (Å²) in [5.41, 5.74) is 1.83. The SMILES string of the molecule is CCOc1ccc(NC(=O)CN2C(=O)S/C(=C/c3cc(Br)c(OCc4cccc(F)c4)c(Br)c3)C2=O)cc1. The highest BCUT2D eigenvalue weighted by atomic mass is 79.9. The minimum atomic E-state index is -0.555. The topological polar surface area (TPSA) is 84.9 Å². The average Bonchev–Trinajstić information content (AvgIpc) is 3.12. The molecule has 11 heteroatoms. The molecule has 1 heterocycles. The molecule has 0 spiro atoms. The maximum Gasteiger partial charge on any atom is 0.294 e. The van der Waals surface area contributed by atoms with Gasteiger partial charge in [-0.15, -0.1) is 0 Å². The minimum Gasteiger partial charge on any atom is -0.494 e. The van der Waals surface area contributed by atoms with Crippen LogP contribution in [0.2, 0.25) is 0 Å². The Hall–Kier alpha value is -3.15. The quantitative estimate of drug-likeness (QED) is 0.248. The summed E-state index contributed by atoms with van der Waals surface area (Å²) in [5.74, 6) is -0.220. The summed E-state index contributed by atoms with van der Waals surface area (Å²) in [5, 5.41) is 2.14. The Morgan fingerprint density at radius 1 is 1.05 bits per heavy atom. The third kappa shape index (κ3) is 7.03. The summed E-state index contributed by atoms with van der Waals surface area (Å²) in [6.07, 6.45) is 1.57. The Morgan fingerprint density at radius 2 is 1.76 bits per heavy atom. The molecular formula is C27H21Br2FN2O5S. The second kappa shape index (κ2) is 12.6. The van der Waals surface area contributed by atoms with Crippen molar-refractivity contribution in [2.24, 2.45) is 0 Å². The first-order valence-corrected chi connectivity index (χ1v) is 13.8. The van der Waals surface area contributed by atoms with Crippen molar-refractivity contribution in [2.45, 2.75) is 13.5 Å². The summed E-state index contributed by atoms with van der Waals surface area (Å²) in [7, 11) is 0. The molecule has 0 unspecified atom stereocenters. The van der Waals surface area contributed by atoms with Crippen molar-refractivity contribution in [3.05, 3.63) is 91.5 Å². The van der Waals surface area contributed by atoms with Crippen molar-refractivity contribution < 1.29 is 28.2 Å². The molecule has 7 nitrogen and oxygen atoms in total.